The van der Waals surface area contributed by atoms with Crippen molar-refractivity contribution in [3.8, 4) is 11.1 Å². The number of aromatic nitrogens is 1. The Hall–Kier alpha value is -2.72. The molecule has 0 saturated carbocycles. The predicted molar refractivity (Wildman–Crippen MR) is 105 cm³/mol. The molecule has 0 spiro atoms. The van der Waals surface area contributed by atoms with Crippen molar-refractivity contribution in [2.45, 2.75) is 26.3 Å². The SMILES string of the molecule is CCN(C(=O)c1ccc(-c2cncc3ccccc23)cc1)C(C)CCO. The maximum absolute atomic E-state index is 12.8. The molecule has 4 nitrogen and oxygen atoms in total. The van der Waals surface area contributed by atoms with Crippen LogP contribution in [-0.4, -0.2) is 40.1 Å². The van der Waals surface area contributed by atoms with Gasteiger partial charge >= 0.3 is 0 Å². The van der Waals surface area contributed by atoms with Crippen LogP contribution in [0.1, 0.15) is 30.6 Å². The third kappa shape index (κ3) is 3.60. The average molecular weight is 348 g/mol. The number of amides is 1. The molecule has 0 aliphatic carbocycles. The van der Waals surface area contributed by atoms with Crippen molar-refractivity contribution in [3.05, 3.63) is 66.5 Å². The zero-order valence-electron chi connectivity index (χ0n) is 15.2. The number of carbonyl (C=O) groups excluding carboxylic acids is 1. The number of pyridine rings is 1. The second-order valence-electron chi connectivity index (χ2n) is 6.44. The van der Waals surface area contributed by atoms with Crippen molar-refractivity contribution in [1.82, 2.24) is 9.88 Å². The van der Waals surface area contributed by atoms with Crippen molar-refractivity contribution >= 4 is 16.7 Å². The van der Waals surface area contributed by atoms with E-state index in [0.29, 0.717) is 18.5 Å². The van der Waals surface area contributed by atoms with Gasteiger partial charge in [-0.1, -0.05) is 36.4 Å². The number of nitrogens with zero attached hydrogens (tertiary/aromatic N) is 2. The van der Waals surface area contributed by atoms with Gasteiger partial charge in [0.25, 0.3) is 5.91 Å². The van der Waals surface area contributed by atoms with E-state index in [4.69, 9.17) is 5.11 Å². The van der Waals surface area contributed by atoms with Crippen LogP contribution in [0, 0.1) is 0 Å². The van der Waals surface area contributed by atoms with E-state index < -0.39 is 0 Å². The molecule has 1 heterocycles. The third-order valence-corrected chi connectivity index (χ3v) is 4.79. The van der Waals surface area contributed by atoms with E-state index in [9.17, 15) is 4.79 Å². The Kier molecular flexibility index (Phi) is 5.64. The highest BCUT2D eigenvalue weighted by atomic mass is 16.3. The van der Waals surface area contributed by atoms with Crippen LogP contribution in [0.25, 0.3) is 21.9 Å². The van der Waals surface area contributed by atoms with Crippen LogP contribution < -0.4 is 0 Å². The second-order valence-corrected chi connectivity index (χ2v) is 6.44. The van der Waals surface area contributed by atoms with Gasteiger partial charge in [-0.15, -0.1) is 0 Å². The molecule has 134 valence electrons. The molecule has 1 atom stereocenters. The van der Waals surface area contributed by atoms with Crippen molar-refractivity contribution in [3.63, 3.8) is 0 Å². The minimum absolute atomic E-state index is 0.00366. The number of aliphatic hydroxyl groups is 1. The average Bonchev–Trinajstić information content (AvgIpc) is 2.68. The first-order valence-corrected chi connectivity index (χ1v) is 9.00. The van der Waals surface area contributed by atoms with Crippen molar-refractivity contribution in [1.29, 1.82) is 0 Å². The van der Waals surface area contributed by atoms with Crippen molar-refractivity contribution in [2.24, 2.45) is 0 Å². The van der Waals surface area contributed by atoms with E-state index in [1.807, 2.05) is 68.7 Å². The molecule has 0 aliphatic rings. The second kappa shape index (κ2) is 8.11. The Bertz CT molecular complexity index is 885. The monoisotopic (exact) mass is 348 g/mol. The number of hydrogen-bond acceptors (Lipinski definition) is 3. The maximum atomic E-state index is 12.8. The smallest absolute Gasteiger partial charge is 0.254 e. The standard InChI is InChI=1S/C22H24N2O2/c1-3-24(16(2)12-13-25)22(26)18-10-8-17(9-11-18)21-15-23-14-19-6-4-5-7-20(19)21/h4-11,14-16,25H,3,12-13H2,1-2H3. The quantitative estimate of drug-likeness (QED) is 0.728. The van der Waals surface area contributed by atoms with Gasteiger partial charge in [0.2, 0.25) is 0 Å². The Balaban J connectivity index is 1.89. The van der Waals surface area contributed by atoms with Crippen LogP contribution in [-0.2, 0) is 0 Å². The molecule has 26 heavy (non-hydrogen) atoms. The van der Waals surface area contributed by atoms with E-state index >= 15 is 0 Å². The van der Waals surface area contributed by atoms with Gasteiger partial charge in [-0.25, -0.2) is 0 Å². The van der Waals surface area contributed by atoms with Crippen molar-refractivity contribution in [2.75, 3.05) is 13.2 Å². The number of carbonyl (C=O) groups is 1. The van der Waals surface area contributed by atoms with Gasteiger partial charge in [-0.2, -0.15) is 0 Å². The van der Waals surface area contributed by atoms with Crippen LogP contribution in [0.2, 0.25) is 0 Å². The van der Waals surface area contributed by atoms with Gasteiger partial charge < -0.3 is 10.0 Å². The molecule has 0 aliphatic heterocycles. The minimum atomic E-state index is -0.00366. The molecule has 0 radical (unpaired) electrons. The molecule has 1 amide bonds. The number of fused-ring (bicyclic) bond motifs is 1. The summed E-state index contributed by atoms with van der Waals surface area (Å²) < 4.78 is 0. The summed E-state index contributed by atoms with van der Waals surface area (Å²) in [5, 5.41) is 11.4. The van der Waals surface area contributed by atoms with E-state index in [-0.39, 0.29) is 18.6 Å². The van der Waals surface area contributed by atoms with Gasteiger partial charge in [0.15, 0.2) is 0 Å². The van der Waals surface area contributed by atoms with Crippen LogP contribution in [0.3, 0.4) is 0 Å². The summed E-state index contributed by atoms with van der Waals surface area (Å²) in [5.41, 5.74) is 2.76. The lowest BCUT2D eigenvalue weighted by atomic mass is 9.99. The van der Waals surface area contributed by atoms with Crippen molar-refractivity contribution < 1.29 is 9.90 Å². The van der Waals surface area contributed by atoms with E-state index in [0.717, 1.165) is 21.9 Å². The molecule has 2 aromatic carbocycles. The lowest BCUT2D eigenvalue weighted by Crippen LogP contribution is -2.38. The van der Waals surface area contributed by atoms with Gasteiger partial charge in [0, 0.05) is 48.1 Å². The lowest BCUT2D eigenvalue weighted by molar-refractivity contribution is 0.0679. The van der Waals surface area contributed by atoms with Crippen LogP contribution in [0.15, 0.2) is 60.9 Å². The van der Waals surface area contributed by atoms with Crippen LogP contribution in [0.4, 0.5) is 0 Å². The number of aliphatic hydroxyl groups excluding tert-OH is 1. The molecule has 1 unspecified atom stereocenters. The molecule has 1 N–H and O–H groups in total. The van der Waals surface area contributed by atoms with E-state index in [2.05, 4.69) is 11.1 Å². The maximum Gasteiger partial charge on any atom is 0.254 e. The first kappa shape index (κ1) is 18.1. The zero-order chi connectivity index (χ0) is 18.5. The Labute approximate surface area is 154 Å². The summed E-state index contributed by atoms with van der Waals surface area (Å²) in [6.45, 7) is 4.63. The van der Waals surface area contributed by atoms with Crippen LogP contribution in [0.5, 0.6) is 0 Å². The minimum Gasteiger partial charge on any atom is -0.396 e. The van der Waals surface area contributed by atoms with E-state index in [1.165, 1.54) is 0 Å². The first-order valence-electron chi connectivity index (χ1n) is 9.00. The summed E-state index contributed by atoms with van der Waals surface area (Å²) in [5.74, 6) is -0.00366. The molecule has 4 heteroatoms. The zero-order valence-corrected chi connectivity index (χ0v) is 15.2. The molecule has 3 rings (SSSR count). The number of hydrogen-bond donors (Lipinski definition) is 1. The summed E-state index contributed by atoms with van der Waals surface area (Å²) in [7, 11) is 0. The van der Waals surface area contributed by atoms with Gasteiger partial charge in [-0.3, -0.25) is 9.78 Å². The summed E-state index contributed by atoms with van der Waals surface area (Å²) in [6, 6.07) is 15.9. The Morgan fingerprint density at radius 1 is 1.12 bits per heavy atom. The normalized spacial score (nSPS) is 12.1. The topological polar surface area (TPSA) is 53.4 Å². The lowest BCUT2D eigenvalue weighted by Gasteiger charge is -2.27. The Morgan fingerprint density at radius 3 is 2.54 bits per heavy atom. The fourth-order valence-electron chi connectivity index (χ4n) is 3.30. The molecular weight excluding hydrogens is 324 g/mol. The fourth-order valence-corrected chi connectivity index (χ4v) is 3.30. The summed E-state index contributed by atoms with van der Waals surface area (Å²) in [6.07, 6.45) is 4.30. The first-order chi connectivity index (χ1) is 12.7. The van der Waals surface area contributed by atoms with Gasteiger partial charge in [-0.05, 0) is 43.4 Å². The molecule has 3 aromatic rings. The highest BCUT2D eigenvalue weighted by Gasteiger charge is 2.19. The summed E-state index contributed by atoms with van der Waals surface area (Å²) >= 11 is 0. The number of benzene rings is 2. The van der Waals surface area contributed by atoms with Gasteiger partial charge in [0.05, 0.1) is 0 Å². The molecule has 0 bridgehead atoms. The van der Waals surface area contributed by atoms with Crippen LogP contribution >= 0.6 is 0 Å². The largest absolute Gasteiger partial charge is 0.396 e. The Morgan fingerprint density at radius 2 is 1.85 bits per heavy atom. The molecular formula is C22H24N2O2. The van der Waals surface area contributed by atoms with E-state index in [1.54, 1.807) is 4.90 Å². The highest BCUT2D eigenvalue weighted by molar-refractivity contribution is 5.98. The molecule has 1 aromatic heterocycles. The number of rotatable bonds is 6. The highest BCUT2D eigenvalue weighted by Crippen LogP contribution is 2.28. The third-order valence-electron chi connectivity index (χ3n) is 4.79. The summed E-state index contributed by atoms with van der Waals surface area (Å²) in [4.78, 5) is 18.9. The molecule has 0 fully saturated rings. The predicted octanol–water partition coefficient (Wildman–Crippen LogP) is 4.13. The van der Waals surface area contributed by atoms with Gasteiger partial charge in [0.1, 0.15) is 0 Å². The fraction of sp³-hybridized carbons (Fsp3) is 0.273. The molecule has 0 saturated heterocycles.